The van der Waals surface area contributed by atoms with Gasteiger partial charge in [-0.15, -0.1) is 0 Å². The van der Waals surface area contributed by atoms with Gasteiger partial charge in [-0.25, -0.2) is 0 Å². The van der Waals surface area contributed by atoms with E-state index < -0.39 is 0 Å². The normalized spacial score (nSPS) is 29.4. The molecule has 1 N–H and O–H groups in total. The highest BCUT2D eigenvalue weighted by atomic mass is 16.5. The number of ether oxygens (including phenoxy) is 1. The first-order valence-corrected chi connectivity index (χ1v) is 7.24. The Morgan fingerprint density at radius 2 is 2.22 bits per heavy atom. The molecule has 2 heterocycles. The number of nitrogens with one attached hydrogen (secondary N) is 1. The minimum absolute atomic E-state index is 0.0824. The summed E-state index contributed by atoms with van der Waals surface area (Å²) in [5.74, 6) is -0.0824. The van der Waals surface area contributed by atoms with E-state index in [1.807, 2.05) is 0 Å². The van der Waals surface area contributed by atoms with E-state index in [4.69, 9.17) is 0 Å². The van der Waals surface area contributed by atoms with Crippen LogP contribution in [0.1, 0.15) is 38.5 Å². The lowest BCUT2D eigenvalue weighted by Gasteiger charge is -2.45. The maximum absolute atomic E-state index is 11.1. The molecular weight excluding hydrogens is 228 g/mol. The highest BCUT2D eigenvalue weighted by Crippen LogP contribution is 2.35. The molecule has 0 aliphatic carbocycles. The van der Waals surface area contributed by atoms with E-state index in [1.54, 1.807) is 0 Å². The van der Waals surface area contributed by atoms with Crippen LogP contribution in [-0.2, 0) is 9.53 Å². The van der Waals surface area contributed by atoms with Gasteiger partial charge in [-0.05, 0) is 57.2 Å². The van der Waals surface area contributed by atoms with Crippen molar-refractivity contribution in [3.05, 3.63) is 0 Å². The van der Waals surface area contributed by atoms with E-state index in [-0.39, 0.29) is 5.97 Å². The fourth-order valence-corrected chi connectivity index (χ4v) is 3.43. The van der Waals surface area contributed by atoms with Crippen LogP contribution >= 0.6 is 0 Å². The van der Waals surface area contributed by atoms with Crippen molar-refractivity contribution in [1.29, 1.82) is 0 Å². The molecule has 0 aromatic heterocycles. The summed E-state index contributed by atoms with van der Waals surface area (Å²) in [5, 5.41) is 3.55. The molecule has 0 aromatic carbocycles. The van der Waals surface area contributed by atoms with Gasteiger partial charge in [-0.1, -0.05) is 0 Å². The second kappa shape index (κ2) is 6.53. The van der Waals surface area contributed by atoms with Crippen molar-refractivity contribution in [1.82, 2.24) is 10.2 Å². The Bertz CT molecular complexity index is 269. The van der Waals surface area contributed by atoms with Gasteiger partial charge in [0.1, 0.15) is 0 Å². The molecule has 2 rings (SSSR count). The van der Waals surface area contributed by atoms with Crippen molar-refractivity contribution < 1.29 is 9.53 Å². The Hall–Kier alpha value is -0.610. The molecule has 0 aromatic rings. The molecule has 4 heteroatoms. The predicted molar refractivity (Wildman–Crippen MR) is 71.5 cm³/mol. The molecule has 18 heavy (non-hydrogen) atoms. The van der Waals surface area contributed by atoms with Gasteiger partial charge >= 0.3 is 5.97 Å². The monoisotopic (exact) mass is 254 g/mol. The summed E-state index contributed by atoms with van der Waals surface area (Å²) in [6, 6.07) is 0. The van der Waals surface area contributed by atoms with Crippen LogP contribution in [0.3, 0.4) is 0 Å². The van der Waals surface area contributed by atoms with Gasteiger partial charge in [0.2, 0.25) is 0 Å². The Balaban J connectivity index is 1.74. The third-order valence-electron chi connectivity index (χ3n) is 4.38. The molecule has 2 aliphatic heterocycles. The lowest BCUT2D eigenvalue weighted by atomic mass is 9.74. The summed E-state index contributed by atoms with van der Waals surface area (Å²) in [6.07, 6.45) is 6.84. The van der Waals surface area contributed by atoms with Crippen molar-refractivity contribution in [2.45, 2.75) is 38.5 Å². The average molecular weight is 254 g/mol. The number of methoxy groups -OCH3 is 1. The van der Waals surface area contributed by atoms with Gasteiger partial charge in [0.15, 0.2) is 0 Å². The minimum Gasteiger partial charge on any atom is -0.469 e. The number of carbonyl (C=O) groups excluding carboxylic acids is 1. The minimum atomic E-state index is -0.0824. The Kier molecular flexibility index (Phi) is 5.01. The SMILES string of the molecule is COC(=O)CCCN1CCCC2(CCCNC2)C1. The number of esters is 1. The molecule has 1 unspecified atom stereocenters. The third-order valence-corrected chi connectivity index (χ3v) is 4.38. The van der Waals surface area contributed by atoms with Gasteiger partial charge < -0.3 is 15.0 Å². The number of hydrogen-bond acceptors (Lipinski definition) is 4. The van der Waals surface area contributed by atoms with Crippen LogP contribution in [0.25, 0.3) is 0 Å². The zero-order valence-electron chi connectivity index (χ0n) is 11.5. The van der Waals surface area contributed by atoms with Gasteiger partial charge in [0.25, 0.3) is 0 Å². The van der Waals surface area contributed by atoms with Crippen LogP contribution in [-0.4, -0.2) is 50.7 Å². The molecule has 0 bridgehead atoms. The second-order valence-corrected chi connectivity index (χ2v) is 5.84. The van der Waals surface area contributed by atoms with E-state index in [0.717, 1.165) is 13.0 Å². The summed E-state index contributed by atoms with van der Waals surface area (Å²) >= 11 is 0. The van der Waals surface area contributed by atoms with E-state index in [2.05, 4.69) is 15.0 Å². The Morgan fingerprint density at radius 3 is 2.94 bits per heavy atom. The van der Waals surface area contributed by atoms with E-state index in [1.165, 1.54) is 59.0 Å². The highest BCUT2D eigenvalue weighted by Gasteiger charge is 2.36. The molecule has 2 fully saturated rings. The number of carbonyl (C=O) groups is 1. The summed E-state index contributed by atoms with van der Waals surface area (Å²) in [6.45, 7) is 5.81. The smallest absolute Gasteiger partial charge is 0.305 e. The molecule has 104 valence electrons. The highest BCUT2D eigenvalue weighted by molar-refractivity contribution is 5.69. The number of hydrogen-bond donors (Lipinski definition) is 1. The summed E-state index contributed by atoms with van der Waals surface area (Å²) in [5.41, 5.74) is 0.516. The van der Waals surface area contributed by atoms with Gasteiger partial charge in [-0.2, -0.15) is 0 Å². The average Bonchev–Trinajstić information content (AvgIpc) is 2.39. The summed E-state index contributed by atoms with van der Waals surface area (Å²) in [4.78, 5) is 13.6. The number of rotatable bonds is 4. The standard InChI is InChI=1S/C14H26N2O2/c1-18-13(17)5-2-9-16-10-4-7-14(12-16)6-3-8-15-11-14/h15H,2-12H2,1H3. The molecule has 2 aliphatic rings. The van der Waals surface area contributed by atoms with Crippen molar-refractivity contribution in [3.8, 4) is 0 Å². The lowest BCUT2D eigenvalue weighted by molar-refractivity contribution is -0.140. The molecule has 2 saturated heterocycles. The number of piperidine rings is 2. The molecule has 1 atom stereocenters. The van der Waals surface area contributed by atoms with Crippen molar-refractivity contribution in [2.24, 2.45) is 5.41 Å². The number of likely N-dealkylation sites (tertiary alicyclic amines) is 1. The molecular formula is C14H26N2O2. The Morgan fingerprint density at radius 1 is 1.39 bits per heavy atom. The maximum atomic E-state index is 11.1. The zero-order valence-corrected chi connectivity index (χ0v) is 11.5. The predicted octanol–water partition coefficient (Wildman–Crippen LogP) is 1.41. The largest absolute Gasteiger partial charge is 0.469 e. The van der Waals surface area contributed by atoms with E-state index in [0.29, 0.717) is 11.8 Å². The fraction of sp³-hybridized carbons (Fsp3) is 0.929. The third kappa shape index (κ3) is 3.69. The topological polar surface area (TPSA) is 41.6 Å². The lowest BCUT2D eigenvalue weighted by Crippen LogP contribution is -2.51. The van der Waals surface area contributed by atoms with E-state index >= 15 is 0 Å². The van der Waals surface area contributed by atoms with Crippen LogP contribution < -0.4 is 5.32 Å². The van der Waals surface area contributed by atoms with Crippen molar-refractivity contribution in [3.63, 3.8) is 0 Å². The zero-order chi connectivity index (χ0) is 12.8. The maximum Gasteiger partial charge on any atom is 0.305 e. The van der Waals surface area contributed by atoms with Crippen LogP contribution in [0, 0.1) is 5.41 Å². The molecule has 0 amide bonds. The fourth-order valence-electron chi connectivity index (χ4n) is 3.43. The van der Waals surface area contributed by atoms with Crippen LogP contribution in [0.5, 0.6) is 0 Å². The second-order valence-electron chi connectivity index (χ2n) is 5.84. The van der Waals surface area contributed by atoms with Crippen molar-refractivity contribution in [2.75, 3.05) is 39.8 Å². The molecule has 1 spiro atoms. The number of nitrogens with zero attached hydrogens (tertiary/aromatic N) is 1. The van der Waals surface area contributed by atoms with Gasteiger partial charge in [0, 0.05) is 19.5 Å². The first kappa shape index (κ1) is 13.8. The summed E-state index contributed by atoms with van der Waals surface area (Å²) in [7, 11) is 1.46. The van der Waals surface area contributed by atoms with Crippen LogP contribution in [0.15, 0.2) is 0 Å². The first-order valence-electron chi connectivity index (χ1n) is 7.24. The quantitative estimate of drug-likeness (QED) is 0.770. The first-order chi connectivity index (χ1) is 8.74. The van der Waals surface area contributed by atoms with E-state index in [9.17, 15) is 4.79 Å². The van der Waals surface area contributed by atoms with Gasteiger partial charge in [-0.3, -0.25) is 4.79 Å². The molecule has 4 nitrogen and oxygen atoms in total. The summed E-state index contributed by atoms with van der Waals surface area (Å²) < 4.78 is 4.68. The van der Waals surface area contributed by atoms with Crippen LogP contribution in [0.2, 0.25) is 0 Å². The van der Waals surface area contributed by atoms with Gasteiger partial charge in [0.05, 0.1) is 7.11 Å². The Labute approximate surface area is 110 Å². The van der Waals surface area contributed by atoms with Crippen LogP contribution in [0.4, 0.5) is 0 Å². The molecule has 0 saturated carbocycles. The molecule has 0 radical (unpaired) electrons. The van der Waals surface area contributed by atoms with Crippen molar-refractivity contribution >= 4 is 5.97 Å².